The zero-order valence-electron chi connectivity index (χ0n) is 13.8. The maximum absolute atomic E-state index is 12.5. The number of rotatable bonds is 5. The average Bonchev–Trinajstić information content (AvgIpc) is 3.10. The Balaban J connectivity index is 1.76. The first-order valence-corrected chi connectivity index (χ1v) is 10.2. The summed E-state index contributed by atoms with van der Waals surface area (Å²) in [4.78, 5) is 3.77. The number of hydrogen-bond acceptors (Lipinski definition) is 11. The van der Waals surface area contributed by atoms with Gasteiger partial charge in [0, 0.05) is 5.69 Å². The monoisotopic (exact) mass is 417 g/mol. The summed E-state index contributed by atoms with van der Waals surface area (Å²) in [7, 11) is -3.75. The van der Waals surface area contributed by atoms with E-state index in [4.69, 9.17) is 10.5 Å². The second-order valence-electron chi connectivity index (χ2n) is 5.94. The maximum Gasteiger partial charge on any atom is 0.217 e. The number of benzene rings is 1. The van der Waals surface area contributed by atoms with Crippen LogP contribution in [0.3, 0.4) is 0 Å². The van der Waals surface area contributed by atoms with Crippen molar-refractivity contribution in [2.45, 2.75) is 39.7 Å². The number of nitrogens with one attached hydrogen (secondary N) is 1. The van der Waals surface area contributed by atoms with E-state index in [1.165, 1.54) is 30.5 Å². The van der Waals surface area contributed by atoms with E-state index in [0.717, 1.165) is 11.3 Å². The van der Waals surface area contributed by atoms with Gasteiger partial charge in [-0.3, -0.25) is 0 Å². The van der Waals surface area contributed by atoms with E-state index in [1.54, 1.807) is 0 Å². The molecule has 148 valence electrons. The summed E-state index contributed by atoms with van der Waals surface area (Å²) in [5, 5.41) is 41.7. The van der Waals surface area contributed by atoms with Crippen molar-refractivity contribution in [2.75, 3.05) is 17.7 Å². The van der Waals surface area contributed by atoms with Crippen molar-refractivity contribution in [1.29, 1.82) is 0 Å². The molecular formula is C15H19N3O7S2. The van der Waals surface area contributed by atoms with Crippen molar-refractivity contribution in [3.05, 3.63) is 30.5 Å². The first kappa shape index (κ1) is 19.9. The zero-order valence-corrected chi connectivity index (χ0v) is 15.5. The SMILES string of the molecule is Nc1ncc(S(=O)(=O)c2ccc(N[C@@H]3O[C@H](CO)[C@H](O)[C@H](O)[C@@H]3O)cc2)s1. The Hall–Kier alpha value is -1.80. The van der Waals surface area contributed by atoms with E-state index in [2.05, 4.69) is 10.3 Å². The van der Waals surface area contributed by atoms with Gasteiger partial charge in [-0.25, -0.2) is 13.4 Å². The van der Waals surface area contributed by atoms with Gasteiger partial charge < -0.3 is 36.2 Å². The summed E-state index contributed by atoms with van der Waals surface area (Å²) < 4.78 is 30.4. The van der Waals surface area contributed by atoms with E-state index < -0.39 is 47.1 Å². The third-order valence-corrected chi connectivity index (χ3v) is 7.19. The van der Waals surface area contributed by atoms with Gasteiger partial charge in [-0.15, -0.1) is 0 Å². The average molecular weight is 417 g/mol. The highest BCUT2D eigenvalue weighted by molar-refractivity contribution is 7.93. The van der Waals surface area contributed by atoms with Crippen LogP contribution in [0.2, 0.25) is 0 Å². The molecule has 0 amide bonds. The fourth-order valence-corrected chi connectivity index (χ4v) is 4.95. The Morgan fingerprint density at radius 1 is 1.15 bits per heavy atom. The van der Waals surface area contributed by atoms with Crippen molar-refractivity contribution in [3.8, 4) is 0 Å². The predicted molar refractivity (Wildman–Crippen MR) is 95.8 cm³/mol. The molecular weight excluding hydrogens is 398 g/mol. The number of nitrogens with two attached hydrogens (primary N) is 1. The smallest absolute Gasteiger partial charge is 0.217 e. The Morgan fingerprint density at radius 3 is 2.37 bits per heavy atom. The maximum atomic E-state index is 12.5. The normalized spacial score (nSPS) is 28.8. The van der Waals surface area contributed by atoms with Crippen LogP contribution in [0.15, 0.2) is 39.6 Å². The van der Waals surface area contributed by atoms with E-state index in [1.807, 2.05) is 0 Å². The summed E-state index contributed by atoms with van der Waals surface area (Å²) in [6, 6.07) is 5.63. The first-order chi connectivity index (χ1) is 12.7. The quantitative estimate of drug-likeness (QED) is 0.345. The summed E-state index contributed by atoms with van der Waals surface area (Å²) in [5.74, 6) is 0. The number of ether oxygens (including phenoxy) is 1. The second kappa shape index (κ2) is 7.67. The van der Waals surface area contributed by atoms with Crippen LogP contribution in [0.25, 0.3) is 0 Å². The first-order valence-electron chi connectivity index (χ1n) is 7.87. The van der Waals surface area contributed by atoms with Crippen LogP contribution in [0.1, 0.15) is 0 Å². The van der Waals surface area contributed by atoms with Crippen molar-refractivity contribution in [2.24, 2.45) is 0 Å². The van der Waals surface area contributed by atoms with E-state index in [0.29, 0.717) is 5.69 Å². The van der Waals surface area contributed by atoms with Crippen LogP contribution < -0.4 is 11.1 Å². The van der Waals surface area contributed by atoms with Crippen molar-refractivity contribution in [1.82, 2.24) is 4.98 Å². The van der Waals surface area contributed by atoms with E-state index in [9.17, 15) is 28.8 Å². The third kappa shape index (κ3) is 3.91. The number of sulfone groups is 1. The number of aromatic nitrogens is 1. The van der Waals surface area contributed by atoms with Gasteiger partial charge in [0.05, 0.1) is 17.7 Å². The molecule has 0 radical (unpaired) electrons. The van der Waals surface area contributed by atoms with Gasteiger partial charge in [-0.05, 0) is 24.3 Å². The molecule has 1 aliphatic rings. The molecule has 0 bridgehead atoms. The van der Waals surface area contributed by atoms with Crippen molar-refractivity contribution in [3.63, 3.8) is 0 Å². The van der Waals surface area contributed by atoms with Gasteiger partial charge in [-0.2, -0.15) is 0 Å². The highest BCUT2D eigenvalue weighted by Crippen LogP contribution is 2.28. The Bertz CT molecular complexity index is 885. The molecule has 1 aromatic carbocycles. The van der Waals surface area contributed by atoms with Gasteiger partial charge >= 0.3 is 0 Å². The molecule has 1 fully saturated rings. The summed E-state index contributed by atoms with van der Waals surface area (Å²) in [5.41, 5.74) is 5.88. The molecule has 1 aromatic heterocycles. The highest BCUT2D eigenvalue weighted by atomic mass is 32.2. The molecule has 7 N–H and O–H groups in total. The largest absolute Gasteiger partial charge is 0.394 e. The molecule has 0 unspecified atom stereocenters. The van der Waals surface area contributed by atoms with E-state index >= 15 is 0 Å². The standard InChI is InChI=1S/C15H19N3O7S2/c16-15-17-5-10(26-15)27(23,24)8-3-1-7(2-4-8)18-14-13(22)12(21)11(20)9(6-19)25-14/h1-5,9,11-14,18-22H,6H2,(H2,16,17)/t9-,11+,12+,13+,14-/m1/s1. The molecule has 0 spiro atoms. The van der Waals surface area contributed by atoms with Gasteiger partial charge in [0.15, 0.2) is 11.4 Å². The molecule has 5 atom stereocenters. The number of nitrogens with zero attached hydrogens (tertiary/aromatic N) is 1. The van der Waals surface area contributed by atoms with E-state index in [-0.39, 0.29) is 14.2 Å². The summed E-state index contributed by atoms with van der Waals surface area (Å²) in [6.45, 7) is -0.543. The fraction of sp³-hybridized carbons (Fsp3) is 0.400. The lowest BCUT2D eigenvalue weighted by Crippen LogP contribution is -2.60. The lowest BCUT2D eigenvalue weighted by atomic mass is 9.98. The molecule has 2 heterocycles. The molecule has 27 heavy (non-hydrogen) atoms. The Kier molecular flexibility index (Phi) is 5.67. The molecule has 1 aliphatic heterocycles. The zero-order chi connectivity index (χ0) is 19.8. The molecule has 1 saturated heterocycles. The number of aliphatic hydroxyl groups excluding tert-OH is 4. The molecule has 12 heteroatoms. The number of aliphatic hydroxyl groups is 4. The molecule has 0 saturated carbocycles. The molecule has 3 rings (SSSR count). The minimum atomic E-state index is -3.75. The van der Waals surface area contributed by atoms with Crippen LogP contribution in [-0.4, -0.2) is 71.1 Å². The van der Waals surface area contributed by atoms with Crippen LogP contribution in [0.4, 0.5) is 10.8 Å². The van der Waals surface area contributed by atoms with Gasteiger partial charge in [-0.1, -0.05) is 11.3 Å². The predicted octanol–water partition coefficient (Wildman–Crippen LogP) is -1.23. The van der Waals surface area contributed by atoms with Gasteiger partial charge in [0.2, 0.25) is 9.84 Å². The third-order valence-electron chi connectivity index (χ3n) is 4.13. The lowest BCUT2D eigenvalue weighted by molar-refractivity contribution is -0.221. The molecule has 0 aliphatic carbocycles. The Labute approximate surface area is 158 Å². The van der Waals surface area contributed by atoms with Crippen LogP contribution in [-0.2, 0) is 14.6 Å². The minimum Gasteiger partial charge on any atom is -0.394 e. The second-order valence-corrected chi connectivity index (χ2v) is 9.18. The summed E-state index contributed by atoms with van der Waals surface area (Å²) in [6.07, 6.45) is -5.38. The molecule has 10 nitrogen and oxygen atoms in total. The van der Waals surface area contributed by atoms with Crippen molar-refractivity contribution >= 4 is 32.0 Å². The minimum absolute atomic E-state index is 0.0228. The number of thiazole rings is 1. The summed E-state index contributed by atoms with van der Waals surface area (Å²) >= 11 is 0.860. The Morgan fingerprint density at radius 2 is 1.81 bits per heavy atom. The number of nitrogen functional groups attached to an aromatic ring is 1. The molecule has 2 aromatic rings. The fourth-order valence-electron chi connectivity index (χ4n) is 2.63. The number of hydrogen-bond donors (Lipinski definition) is 6. The van der Waals surface area contributed by atoms with Crippen LogP contribution >= 0.6 is 11.3 Å². The highest BCUT2D eigenvalue weighted by Gasteiger charge is 2.43. The van der Waals surface area contributed by atoms with Crippen molar-refractivity contribution < 1.29 is 33.6 Å². The van der Waals surface area contributed by atoms with Gasteiger partial charge in [0.25, 0.3) is 0 Å². The lowest BCUT2D eigenvalue weighted by Gasteiger charge is -2.40. The van der Waals surface area contributed by atoms with Crippen LogP contribution in [0.5, 0.6) is 0 Å². The topological polar surface area (TPSA) is 175 Å². The number of anilines is 2. The van der Waals surface area contributed by atoms with Gasteiger partial charge in [0.1, 0.15) is 28.6 Å². The van der Waals surface area contributed by atoms with Crippen LogP contribution in [0, 0.1) is 0 Å².